The zero-order valence-electron chi connectivity index (χ0n) is 14.1. The molecule has 132 valence electrons. The van der Waals surface area contributed by atoms with Crippen molar-refractivity contribution in [1.82, 2.24) is 0 Å². The molecule has 3 rings (SSSR count). The van der Waals surface area contributed by atoms with E-state index >= 15 is 0 Å². The highest BCUT2D eigenvalue weighted by Crippen LogP contribution is 2.29. The number of amides is 1. The van der Waals surface area contributed by atoms with E-state index in [1.54, 1.807) is 25.1 Å². The predicted octanol–water partition coefficient (Wildman–Crippen LogP) is 2.91. The maximum absolute atomic E-state index is 12.7. The number of carbonyl (C=O) groups is 2. The van der Waals surface area contributed by atoms with Crippen LogP contribution in [0, 0.1) is 0 Å². The van der Waals surface area contributed by atoms with Crippen molar-refractivity contribution in [3.63, 3.8) is 0 Å². The summed E-state index contributed by atoms with van der Waals surface area (Å²) >= 11 is 0. The second kappa shape index (κ2) is 6.72. The van der Waals surface area contributed by atoms with Crippen molar-refractivity contribution >= 4 is 29.4 Å². The first-order chi connectivity index (χ1) is 12.4. The standard InChI is InChI=1S/C19H16N2O5/c1-11-15(9-12-3-8-16(22)17(10-12)26-2)18(23)21(20-11)14-6-4-13(5-7-14)19(24)25/h3-10,22H,1-2H3,(H,24,25)/b15-9+. The van der Waals surface area contributed by atoms with Gasteiger partial charge in [0.15, 0.2) is 11.5 Å². The first kappa shape index (κ1) is 17.2. The van der Waals surface area contributed by atoms with Crippen molar-refractivity contribution in [2.24, 2.45) is 5.10 Å². The number of rotatable bonds is 4. The smallest absolute Gasteiger partial charge is 0.335 e. The van der Waals surface area contributed by atoms with Gasteiger partial charge in [0.05, 0.1) is 29.6 Å². The number of methoxy groups -OCH3 is 1. The number of carboxylic acid groups (broad SMARTS) is 1. The molecule has 0 unspecified atom stereocenters. The van der Waals surface area contributed by atoms with Crippen molar-refractivity contribution in [3.8, 4) is 11.5 Å². The number of benzene rings is 2. The van der Waals surface area contributed by atoms with E-state index in [4.69, 9.17) is 9.84 Å². The Morgan fingerprint density at radius 3 is 2.50 bits per heavy atom. The topological polar surface area (TPSA) is 99.4 Å². The number of carboxylic acids is 1. The molecule has 1 aliphatic heterocycles. The summed E-state index contributed by atoms with van der Waals surface area (Å²) in [5.41, 5.74) is 2.23. The lowest BCUT2D eigenvalue weighted by Gasteiger charge is -2.11. The fourth-order valence-electron chi connectivity index (χ4n) is 2.56. The Bertz CT molecular complexity index is 945. The molecule has 0 atom stereocenters. The van der Waals surface area contributed by atoms with E-state index in [1.807, 2.05) is 0 Å². The molecular weight excluding hydrogens is 336 g/mol. The molecule has 0 spiro atoms. The maximum atomic E-state index is 12.7. The van der Waals surface area contributed by atoms with Crippen molar-refractivity contribution < 1.29 is 24.5 Å². The van der Waals surface area contributed by atoms with E-state index < -0.39 is 5.97 Å². The number of carbonyl (C=O) groups excluding carboxylic acids is 1. The van der Waals surface area contributed by atoms with Crippen molar-refractivity contribution in [1.29, 1.82) is 0 Å². The summed E-state index contributed by atoms with van der Waals surface area (Å²) in [6.45, 7) is 1.72. The van der Waals surface area contributed by atoms with Crippen molar-refractivity contribution in [2.45, 2.75) is 6.92 Å². The predicted molar refractivity (Wildman–Crippen MR) is 96.6 cm³/mol. The molecule has 2 aromatic rings. The lowest BCUT2D eigenvalue weighted by molar-refractivity contribution is -0.114. The third-order valence-electron chi connectivity index (χ3n) is 3.94. The zero-order valence-corrected chi connectivity index (χ0v) is 14.1. The fraction of sp³-hybridized carbons (Fsp3) is 0.105. The summed E-state index contributed by atoms with van der Waals surface area (Å²) in [5.74, 6) is -1.04. The van der Waals surface area contributed by atoms with Gasteiger partial charge in [-0.25, -0.2) is 4.79 Å². The van der Waals surface area contributed by atoms with Crippen LogP contribution >= 0.6 is 0 Å². The Morgan fingerprint density at radius 1 is 1.19 bits per heavy atom. The second-order valence-corrected chi connectivity index (χ2v) is 5.64. The largest absolute Gasteiger partial charge is 0.504 e. The van der Waals surface area contributed by atoms with Gasteiger partial charge in [0.1, 0.15) is 0 Å². The molecule has 2 aromatic carbocycles. The molecule has 7 heteroatoms. The highest BCUT2D eigenvalue weighted by atomic mass is 16.5. The quantitative estimate of drug-likeness (QED) is 0.824. The van der Waals surface area contributed by atoms with Gasteiger partial charge in [0.25, 0.3) is 5.91 Å². The van der Waals surface area contributed by atoms with Gasteiger partial charge in [-0.15, -0.1) is 0 Å². The number of nitrogens with zero attached hydrogens (tertiary/aromatic N) is 2. The number of phenols is 1. The van der Waals surface area contributed by atoms with Gasteiger partial charge in [0.2, 0.25) is 0 Å². The van der Waals surface area contributed by atoms with Crippen LogP contribution in [0.25, 0.3) is 6.08 Å². The number of ether oxygens (including phenoxy) is 1. The number of hydrazone groups is 1. The minimum atomic E-state index is -1.04. The Hall–Kier alpha value is -3.61. The molecular formula is C19H16N2O5. The lowest BCUT2D eigenvalue weighted by Crippen LogP contribution is -2.21. The van der Waals surface area contributed by atoms with E-state index in [0.29, 0.717) is 28.3 Å². The van der Waals surface area contributed by atoms with Crippen LogP contribution in [0.15, 0.2) is 53.1 Å². The van der Waals surface area contributed by atoms with Crippen LogP contribution in [0.5, 0.6) is 11.5 Å². The normalized spacial score (nSPS) is 15.3. The van der Waals surface area contributed by atoms with Crippen LogP contribution in [0.1, 0.15) is 22.8 Å². The molecule has 0 radical (unpaired) electrons. The minimum Gasteiger partial charge on any atom is -0.504 e. The van der Waals surface area contributed by atoms with Crippen LogP contribution in [-0.4, -0.2) is 34.9 Å². The number of hydrogen-bond donors (Lipinski definition) is 2. The average Bonchev–Trinajstić information content (AvgIpc) is 2.91. The van der Waals surface area contributed by atoms with Crippen LogP contribution in [0.2, 0.25) is 0 Å². The second-order valence-electron chi connectivity index (χ2n) is 5.64. The zero-order chi connectivity index (χ0) is 18.8. The average molecular weight is 352 g/mol. The van der Waals surface area contributed by atoms with Gasteiger partial charge < -0.3 is 14.9 Å². The molecule has 2 N–H and O–H groups in total. The molecule has 0 aliphatic carbocycles. The molecule has 0 saturated heterocycles. The van der Waals surface area contributed by atoms with Crippen molar-refractivity contribution in [2.75, 3.05) is 12.1 Å². The molecule has 26 heavy (non-hydrogen) atoms. The number of hydrogen-bond acceptors (Lipinski definition) is 5. The number of aromatic carboxylic acids is 1. The summed E-state index contributed by atoms with van der Waals surface area (Å²) in [6, 6.07) is 10.7. The van der Waals surface area contributed by atoms with Crippen LogP contribution < -0.4 is 9.75 Å². The Morgan fingerprint density at radius 2 is 1.88 bits per heavy atom. The van der Waals surface area contributed by atoms with Crippen molar-refractivity contribution in [3.05, 3.63) is 59.2 Å². The fourth-order valence-corrected chi connectivity index (χ4v) is 2.56. The third kappa shape index (κ3) is 3.14. The molecule has 0 saturated carbocycles. The van der Waals surface area contributed by atoms with Crippen LogP contribution in [0.3, 0.4) is 0 Å². The van der Waals surface area contributed by atoms with E-state index in [1.165, 1.54) is 42.5 Å². The highest BCUT2D eigenvalue weighted by molar-refractivity contribution is 6.32. The van der Waals surface area contributed by atoms with E-state index in [0.717, 1.165) is 0 Å². The van der Waals surface area contributed by atoms with Crippen LogP contribution in [0.4, 0.5) is 5.69 Å². The minimum absolute atomic E-state index is 0.0120. The summed E-state index contributed by atoms with van der Waals surface area (Å²) in [5, 5.41) is 24.1. The van der Waals surface area contributed by atoms with Gasteiger partial charge in [-0.3, -0.25) is 4.79 Å². The number of phenolic OH excluding ortho intramolecular Hbond substituents is 1. The lowest BCUT2D eigenvalue weighted by atomic mass is 10.1. The van der Waals surface area contributed by atoms with Gasteiger partial charge in [0, 0.05) is 0 Å². The van der Waals surface area contributed by atoms with Crippen LogP contribution in [-0.2, 0) is 4.79 Å². The molecule has 0 bridgehead atoms. The van der Waals surface area contributed by atoms with Gasteiger partial charge in [-0.1, -0.05) is 6.07 Å². The van der Waals surface area contributed by atoms with Gasteiger partial charge in [-0.2, -0.15) is 10.1 Å². The van der Waals surface area contributed by atoms with E-state index in [9.17, 15) is 14.7 Å². The summed E-state index contributed by atoms with van der Waals surface area (Å²) in [6.07, 6.45) is 1.66. The third-order valence-corrected chi connectivity index (χ3v) is 3.94. The summed E-state index contributed by atoms with van der Waals surface area (Å²) in [7, 11) is 1.45. The molecule has 1 heterocycles. The summed E-state index contributed by atoms with van der Waals surface area (Å²) < 4.78 is 5.07. The molecule has 7 nitrogen and oxygen atoms in total. The van der Waals surface area contributed by atoms with E-state index in [-0.39, 0.29) is 17.2 Å². The SMILES string of the molecule is COc1cc(/C=C2/C(=O)N(c3ccc(C(=O)O)cc3)N=C2C)ccc1O. The molecule has 1 aliphatic rings. The summed E-state index contributed by atoms with van der Waals surface area (Å²) in [4.78, 5) is 23.6. The monoisotopic (exact) mass is 352 g/mol. The Balaban J connectivity index is 1.91. The van der Waals surface area contributed by atoms with Gasteiger partial charge >= 0.3 is 5.97 Å². The van der Waals surface area contributed by atoms with E-state index in [2.05, 4.69) is 5.10 Å². The van der Waals surface area contributed by atoms with Gasteiger partial charge in [-0.05, 0) is 55.0 Å². The number of aromatic hydroxyl groups is 1. The molecule has 0 fully saturated rings. The Kier molecular flexibility index (Phi) is 4.45. The first-order valence-corrected chi connectivity index (χ1v) is 7.73. The first-order valence-electron chi connectivity index (χ1n) is 7.73. The highest BCUT2D eigenvalue weighted by Gasteiger charge is 2.28. The molecule has 0 aromatic heterocycles. The Labute approximate surface area is 149 Å². The maximum Gasteiger partial charge on any atom is 0.335 e. The number of anilines is 1. The molecule has 1 amide bonds.